The van der Waals surface area contributed by atoms with Gasteiger partial charge in [0.05, 0.1) is 4.92 Å². The Balaban J connectivity index is 2.47. The molecule has 2 aromatic rings. The third-order valence-corrected chi connectivity index (χ3v) is 2.58. The van der Waals surface area contributed by atoms with E-state index >= 15 is 0 Å². The summed E-state index contributed by atoms with van der Waals surface area (Å²) in [5.41, 5.74) is 5.54. The van der Waals surface area contributed by atoms with E-state index in [0.717, 1.165) is 6.07 Å². The predicted molar refractivity (Wildman–Crippen MR) is 69.0 cm³/mol. The summed E-state index contributed by atoms with van der Waals surface area (Å²) in [6.45, 7) is 3.01. The summed E-state index contributed by atoms with van der Waals surface area (Å²) < 4.78 is 18.7. The van der Waals surface area contributed by atoms with Gasteiger partial charge in [0, 0.05) is 6.07 Å². The maximum Gasteiger partial charge on any atom is 0.352 e. The van der Waals surface area contributed by atoms with Crippen molar-refractivity contribution >= 4 is 11.6 Å². The monoisotopic (exact) mass is 278 g/mol. The van der Waals surface area contributed by atoms with Crippen LogP contribution in [0.2, 0.25) is 0 Å². The number of aromatic nitrogens is 2. The van der Waals surface area contributed by atoms with Crippen molar-refractivity contribution in [2.45, 2.75) is 13.8 Å². The molecule has 104 valence electrons. The van der Waals surface area contributed by atoms with Crippen LogP contribution < -0.4 is 10.5 Å². The Morgan fingerprint density at radius 1 is 1.35 bits per heavy atom. The molecule has 0 amide bonds. The van der Waals surface area contributed by atoms with Crippen molar-refractivity contribution in [1.29, 1.82) is 0 Å². The Kier molecular flexibility index (Phi) is 3.47. The number of ether oxygens (including phenoxy) is 1. The van der Waals surface area contributed by atoms with E-state index in [4.69, 9.17) is 10.5 Å². The number of anilines is 1. The lowest BCUT2D eigenvalue weighted by atomic mass is 10.2. The molecule has 0 unspecified atom stereocenters. The summed E-state index contributed by atoms with van der Waals surface area (Å²) in [5.74, 6) is -0.864. The Bertz CT molecular complexity index is 691. The van der Waals surface area contributed by atoms with Crippen LogP contribution in [0.25, 0.3) is 0 Å². The Morgan fingerprint density at radius 2 is 2.05 bits per heavy atom. The van der Waals surface area contributed by atoms with Crippen LogP contribution in [0.5, 0.6) is 11.6 Å². The molecule has 0 saturated carbocycles. The first-order chi connectivity index (χ1) is 9.38. The molecule has 2 rings (SSSR count). The number of rotatable bonds is 3. The van der Waals surface area contributed by atoms with E-state index in [9.17, 15) is 14.5 Å². The lowest BCUT2D eigenvalue weighted by Crippen LogP contribution is -2.04. The van der Waals surface area contributed by atoms with Crippen LogP contribution in [-0.4, -0.2) is 14.9 Å². The molecule has 0 radical (unpaired) electrons. The summed E-state index contributed by atoms with van der Waals surface area (Å²) in [4.78, 5) is 17.7. The highest BCUT2D eigenvalue weighted by Gasteiger charge is 2.23. The standard InChI is InChI=1S/C12H11FN4O3/c1-6-3-4-8(5-9(6)13)20-11-10(17(18)19)7(2)15-12(14)16-11/h3-5H,1-2H3,(H2,14,15,16). The van der Waals surface area contributed by atoms with Crippen molar-refractivity contribution in [2.75, 3.05) is 5.73 Å². The van der Waals surface area contributed by atoms with Crippen molar-refractivity contribution in [3.8, 4) is 11.6 Å². The van der Waals surface area contributed by atoms with Crippen LogP contribution in [0.15, 0.2) is 18.2 Å². The fourth-order valence-corrected chi connectivity index (χ4v) is 1.59. The number of nitrogens with two attached hydrogens (primary N) is 1. The lowest BCUT2D eigenvalue weighted by molar-refractivity contribution is -0.386. The average Bonchev–Trinajstić information content (AvgIpc) is 2.32. The number of nitro groups is 1. The van der Waals surface area contributed by atoms with Crippen molar-refractivity contribution in [3.63, 3.8) is 0 Å². The molecule has 8 heteroatoms. The van der Waals surface area contributed by atoms with Crippen molar-refractivity contribution in [3.05, 3.63) is 45.4 Å². The summed E-state index contributed by atoms with van der Waals surface area (Å²) >= 11 is 0. The van der Waals surface area contributed by atoms with Gasteiger partial charge in [0.15, 0.2) is 0 Å². The second-order valence-electron chi connectivity index (χ2n) is 4.09. The summed E-state index contributed by atoms with van der Waals surface area (Å²) in [6, 6.07) is 4.09. The Hall–Kier alpha value is -2.77. The third kappa shape index (κ3) is 2.63. The lowest BCUT2D eigenvalue weighted by Gasteiger charge is -2.07. The Labute approximate surface area is 113 Å². The molecule has 0 aliphatic heterocycles. The first-order valence-corrected chi connectivity index (χ1v) is 5.61. The molecule has 7 nitrogen and oxygen atoms in total. The van der Waals surface area contributed by atoms with E-state index in [1.807, 2.05) is 0 Å². The van der Waals surface area contributed by atoms with Crippen LogP contribution in [0.1, 0.15) is 11.3 Å². The van der Waals surface area contributed by atoms with E-state index in [2.05, 4.69) is 9.97 Å². The molecule has 0 fully saturated rings. The fraction of sp³-hybridized carbons (Fsp3) is 0.167. The third-order valence-electron chi connectivity index (χ3n) is 2.58. The Morgan fingerprint density at radius 3 is 2.65 bits per heavy atom. The van der Waals surface area contributed by atoms with Gasteiger partial charge in [-0.05, 0) is 25.5 Å². The highest BCUT2D eigenvalue weighted by molar-refractivity contribution is 5.49. The molecular weight excluding hydrogens is 267 g/mol. The molecular formula is C12H11FN4O3. The molecule has 20 heavy (non-hydrogen) atoms. The predicted octanol–water partition coefficient (Wildman–Crippen LogP) is 2.52. The van der Waals surface area contributed by atoms with Crippen LogP contribution in [0.3, 0.4) is 0 Å². The van der Waals surface area contributed by atoms with Gasteiger partial charge in [0.25, 0.3) is 0 Å². The zero-order valence-corrected chi connectivity index (χ0v) is 10.8. The van der Waals surface area contributed by atoms with Gasteiger partial charge in [0.1, 0.15) is 17.3 Å². The highest BCUT2D eigenvalue weighted by Crippen LogP contribution is 2.32. The minimum atomic E-state index is -0.672. The van der Waals surface area contributed by atoms with Gasteiger partial charge >= 0.3 is 11.6 Å². The number of hydrogen-bond donors (Lipinski definition) is 1. The average molecular weight is 278 g/mol. The summed E-state index contributed by atoms with van der Waals surface area (Å²) in [7, 11) is 0. The number of nitrogen functional groups attached to an aromatic ring is 1. The van der Waals surface area contributed by atoms with E-state index in [1.54, 1.807) is 6.92 Å². The zero-order chi connectivity index (χ0) is 14.9. The largest absolute Gasteiger partial charge is 0.433 e. The molecule has 1 heterocycles. The fourth-order valence-electron chi connectivity index (χ4n) is 1.59. The van der Waals surface area contributed by atoms with Gasteiger partial charge in [-0.15, -0.1) is 0 Å². The molecule has 0 bridgehead atoms. The quantitative estimate of drug-likeness (QED) is 0.683. The maximum absolute atomic E-state index is 13.4. The number of halogens is 1. The van der Waals surface area contributed by atoms with Crippen LogP contribution in [-0.2, 0) is 0 Å². The molecule has 0 saturated heterocycles. The SMILES string of the molecule is Cc1ccc(Oc2nc(N)nc(C)c2[N+](=O)[O-])cc1F. The van der Waals surface area contributed by atoms with Crippen LogP contribution >= 0.6 is 0 Å². The molecule has 0 aliphatic carbocycles. The summed E-state index contributed by atoms with van der Waals surface area (Å²) in [6.07, 6.45) is 0. The number of aryl methyl sites for hydroxylation is 2. The molecule has 0 atom stereocenters. The highest BCUT2D eigenvalue weighted by atomic mass is 19.1. The van der Waals surface area contributed by atoms with Gasteiger partial charge < -0.3 is 10.5 Å². The summed E-state index contributed by atoms with van der Waals surface area (Å²) in [5, 5.41) is 11.0. The minimum absolute atomic E-state index is 0.0742. The molecule has 0 spiro atoms. The van der Waals surface area contributed by atoms with Gasteiger partial charge in [0.2, 0.25) is 5.95 Å². The van der Waals surface area contributed by atoms with Crippen molar-refractivity contribution in [2.24, 2.45) is 0 Å². The smallest absolute Gasteiger partial charge is 0.352 e. The number of nitrogens with zero attached hydrogens (tertiary/aromatic N) is 3. The van der Waals surface area contributed by atoms with Gasteiger partial charge in [-0.1, -0.05) is 6.07 Å². The number of hydrogen-bond acceptors (Lipinski definition) is 6. The van der Waals surface area contributed by atoms with Gasteiger partial charge in [-0.25, -0.2) is 9.37 Å². The second-order valence-corrected chi connectivity index (χ2v) is 4.09. The topological polar surface area (TPSA) is 104 Å². The first-order valence-electron chi connectivity index (χ1n) is 5.61. The van der Waals surface area contributed by atoms with Gasteiger partial charge in [-0.2, -0.15) is 4.98 Å². The van der Waals surface area contributed by atoms with E-state index in [0.29, 0.717) is 5.56 Å². The molecule has 0 aliphatic rings. The van der Waals surface area contributed by atoms with Gasteiger partial charge in [-0.3, -0.25) is 10.1 Å². The normalized spacial score (nSPS) is 10.3. The second kappa shape index (κ2) is 5.08. The van der Waals surface area contributed by atoms with Crippen molar-refractivity contribution < 1.29 is 14.1 Å². The molecule has 1 aromatic heterocycles. The molecule has 1 aromatic carbocycles. The maximum atomic E-state index is 13.4. The number of benzene rings is 1. The minimum Gasteiger partial charge on any atom is -0.433 e. The van der Waals surface area contributed by atoms with E-state index < -0.39 is 16.4 Å². The van der Waals surface area contributed by atoms with E-state index in [1.165, 1.54) is 19.1 Å². The zero-order valence-electron chi connectivity index (χ0n) is 10.8. The van der Waals surface area contributed by atoms with Crippen molar-refractivity contribution in [1.82, 2.24) is 9.97 Å². The van der Waals surface area contributed by atoms with Crippen LogP contribution in [0, 0.1) is 29.8 Å². The van der Waals surface area contributed by atoms with Crippen LogP contribution in [0.4, 0.5) is 16.0 Å². The molecule has 2 N–H and O–H groups in total. The van der Waals surface area contributed by atoms with E-state index in [-0.39, 0.29) is 23.3 Å². The first kappa shape index (κ1) is 13.7.